The first-order valence-corrected chi connectivity index (χ1v) is 35.5. The second-order valence-electron chi connectivity index (χ2n) is 24.2. The van der Waals surface area contributed by atoms with Gasteiger partial charge in [0.05, 0.1) is 0 Å². The minimum atomic E-state index is -0.766. The molecule has 0 aromatic rings. The fourth-order valence-electron chi connectivity index (χ4n) is 10.8. The van der Waals surface area contributed by atoms with Crippen molar-refractivity contribution in [1.29, 1.82) is 0 Å². The quantitative estimate of drug-likeness (QED) is 0.0261. The maximum absolute atomic E-state index is 12.9. The van der Waals surface area contributed by atoms with E-state index in [0.717, 1.165) is 77.0 Å². The molecule has 79 heavy (non-hydrogen) atoms. The molecule has 0 saturated heterocycles. The lowest BCUT2D eigenvalue weighted by Crippen LogP contribution is -2.30. The van der Waals surface area contributed by atoms with E-state index in [1.54, 1.807) is 0 Å². The van der Waals surface area contributed by atoms with Crippen LogP contribution in [0.25, 0.3) is 0 Å². The topological polar surface area (TPSA) is 78.9 Å². The van der Waals surface area contributed by atoms with E-state index in [1.165, 1.54) is 276 Å². The predicted molar refractivity (Wildman–Crippen MR) is 344 cm³/mol. The Balaban J connectivity index is 3.93. The fraction of sp³-hybridized carbons (Fsp3) is 0.877. The van der Waals surface area contributed by atoms with Crippen molar-refractivity contribution in [2.75, 3.05) is 13.2 Å². The second kappa shape index (κ2) is 68.1. The van der Waals surface area contributed by atoms with Gasteiger partial charge < -0.3 is 14.2 Å². The van der Waals surface area contributed by atoms with Crippen molar-refractivity contribution in [1.82, 2.24) is 0 Å². The van der Waals surface area contributed by atoms with Crippen LogP contribution in [0.4, 0.5) is 0 Å². The smallest absolute Gasteiger partial charge is 0.306 e. The summed E-state index contributed by atoms with van der Waals surface area (Å²) in [5, 5.41) is 0. The molecule has 0 spiro atoms. The van der Waals surface area contributed by atoms with Crippen molar-refractivity contribution in [2.24, 2.45) is 0 Å². The van der Waals surface area contributed by atoms with Crippen molar-refractivity contribution in [3.05, 3.63) is 36.5 Å². The van der Waals surface area contributed by atoms with E-state index in [0.29, 0.717) is 19.3 Å². The summed E-state index contributed by atoms with van der Waals surface area (Å²) >= 11 is 0. The van der Waals surface area contributed by atoms with Crippen molar-refractivity contribution in [2.45, 2.75) is 399 Å². The van der Waals surface area contributed by atoms with Crippen LogP contribution in [0.2, 0.25) is 0 Å². The molecule has 0 amide bonds. The Bertz CT molecular complexity index is 1320. The first kappa shape index (κ1) is 76.6. The molecule has 0 bridgehead atoms. The Labute approximate surface area is 493 Å². The number of unbranched alkanes of at least 4 members (excludes halogenated alkanes) is 49. The average Bonchev–Trinajstić information content (AvgIpc) is 3.45. The summed E-state index contributed by atoms with van der Waals surface area (Å²) in [5.41, 5.74) is 0. The van der Waals surface area contributed by atoms with Crippen molar-refractivity contribution < 1.29 is 28.6 Å². The van der Waals surface area contributed by atoms with E-state index in [2.05, 4.69) is 57.2 Å². The molecule has 0 fully saturated rings. The highest BCUT2D eigenvalue weighted by atomic mass is 16.6. The summed E-state index contributed by atoms with van der Waals surface area (Å²) in [4.78, 5) is 38.0. The molecule has 1 unspecified atom stereocenters. The lowest BCUT2D eigenvalue weighted by Gasteiger charge is -2.18. The zero-order valence-corrected chi connectivity index (χ0v) is 53.4. The molecule has 1 atom stereocenters. The Kier molecular flexibility index (Phi) is 66.1. The van der Waals surface area contributed by atoms with E-state index in [-0.39, 0.29) is 31.1 Å². The first-order valence-electron chi connectivity index (χ1n) is 35.5. The molecule has 0 aliphatic heterocycles. The van der Waals surface area contributed by atoms with Gasteiger partial charge in [-0.3, -0.25) is 14.4 Å². The van der Waals surface area contributed by atoms with Crippen LogP contribution in [0, 0.1) is 0 Å². The molecule has 0 aliphatic rings. The summed E-state index contributed by atoms with van der Waals surface area (Å²) < 4.78 is 16.8. The maximum atomic E-state index is 12.9. The van der Waals surface area contributed by atoms with Crippen molar-refractivity contribution in [3.8, 4) is 0 Å². The maximum Gasteiger partial charge on any atom is 0.306 e. The standard InChI is InChI=1S/C73H136O6/c1-4-7-10-13-15-17-19-21-23-25-27-29-31-33-35-36-38-39-41-43-45-47-49-51-53-55-57-60-63-66-72(75)78-69-70(68-77-71(74)65-62-59-12-9-6-3)79-73(76)67-64-61-58-56-54-52-50-48-46-44-42-40-37-34-32-30-28-26-24-22-20-18-16-14-11-8-5-2/h19,21,25,27,31,33,70H,4-18,20,22-24,26,28-30,32,34-69H2,1-3H3/b21-19-,27-25-,33-31-. The minimum absolute atomic E-state index is 0.0677. The van der Waals surface area contributed by atoms with E-state index < -0.39 is 6.10 Å². The molecule has 0 radical (unpaired) electrons. The molecular weight excluding hydrogens is 973 g/mol. The van der Waals surface area contributed by atoms with Crippen LogP contribution < -0.4 is 0 Å². The van der Waals surface area contributed by atoms with Gasteiger partial charge >= 0.3 is 17.9 Å². The Morgan fingerprint density at radius 2 is 0.456 bits per heavy atom. The summed E-state index contributed by atoms with van der Waals surface area (Å²) in [7, 11) is 0. The van der Waals surface area contributed by atoms with Crippen molar-refractivity contribution in [3.63, 3.8) is 0 Å². The molecule has 464 valence electrons. The summed E-state index contributed by atoms with van der Waals surface area (Å²) in [5.74, 6) is -0.856. The molecule has 0 N–H and O–H groups in total. The van der Waals surface area contributed by atoms with Crippen LogP contribution in [-0.2, 0) is 28.6 Å². The van der Waals surface area contributed by atoms with Gasteiger partial charge in [0.2, 0.25) is 0 Å². The molecular formula is C73H136O6. The van der Waals surface area contributed by atoms with Gasteiger partial charge in [0, 0.05) is 19.3 Å². The monoisotopic (exact) mass is 1110 g/mol. The van der Waals surface area contributed by atoms with Gasteiger partial charge in [-0.05, 0) is 57.8 Å². The van der Waals surface area contributed by atoms with Crippen LogP contribution in [0.1, 0.15) is 393 Å². The molecule has 0 heterocycles. The number of hydrogen-bond donors (Lipinski definition) is 0. The summed E-state index contributed by atoms with van der Waals surface area (Å²) in [6.45, 7) is 6.61. The second-order valence-corrected chi connectivity index (χ2v) is 24.2. The van der Waals surface area contributed by atoms with Gasteiger partial charge in [0.25, 0.3) is 0 Å². The Hall–Kier alpha value is -2.37. The lowest BCUT2D eigenvalue weighted by atomic mass is 10.0. The summed E-state index contributed by atoms with van der Waals surface area (Å²) in [6.07, 6.45) is 85.2. The number of ether oxygens (including phenoxy) is 3. The zero-order valence-electron chi connectivity index (χ0n) is 53.4. The van der Waals surface area contributed by atoms with Gasteiger partial charge in [0.15, 0.2) is 6.10 Å². The molecule has 6 heteroatoms. The van der Waals surface area contributed by atoms with Crippen LogP contribution in [0.5, 0.6) is 0 Å². The third-order valence-corrected chi connectivity index (χ3v) is 16.1. The van der Waals surface area contributed by atoms with E-state index in [4.69, 9.17) is 14.2 Å². The Morgan fingerprint density at radius 3 is 0.709 bits per heavy atom. The molecule has 0 aliphatic carbocycles. The first-order chi connectivity index (χ1) is 39.0. The zero-order chi connectivity index (χ0) is 57.1. The lowest BCUT2D eigenvalue weighted by molar-refractivity contribution is -0.167. The van der Waals surface area contributed by atoms with E-state index >= 15 is 0 Å². The fourth-order valence-corrected chi connectivity index (χ4v) is 10.8. The number of hydrogen-bond acceptors (Lipinski definition) is 6. The highest BCUT2D eigenvalue weighted by Gasteiger charge is 2.19. The molecule has 0 aromatic heterocycles. The number of allylic oxidation sites excluding steroid dienone is 6. The van der Waals surface area contributed by atoms with E-state index in [1.807, 2.05) is 0 Å². The molecule has 0 aromatic carbocycles. The van der Waals surface area contributed by atoms with Gasteiger partial charge in [-0.15, -0.1) is 0 Å². The predicted octanol–water partition coefficient (Wildman–Crippen LogP) is 24.3. The minimum Gasteiger partial charge on any atom is -0.462 e. The third kappa shape index (κ3) is 66.3. The normalized spacial score (nSPS) is 12.2. The third-order valence-electron chi connectivity index (χ3n) is 16.1. The number of rotatable bonds is 66. The summed E-state index contributed by atoms with van der Waals surface area (Å²) in [6, 6.07) is 0. The highest BCUT2D eigenvalue weighted by Crippen LogP contribution is 2.19. The van der Waals surface area contributed by atoms with Gasteiger partial charge in [-0.2, -0.15) is 0 Å². The number of esters is 3. The van der Waals surface area contributed by atoms with E-state index in [9.17, 15) is 14.4 Å². The SMILES string of the molecule is CCCCCCC/C=C\C/C=C\C/C=C\CCCCCCCCCCCCCCCCC(=O)OCC(COC(=O)CCCCCCC)OC(=O)CCCCCCCCCCCCCCCCCCCCCCCCCCCCC. The van der Waals surface area contributed by atoms with Crippen LogP contribution in [0.15, 0.2) is 36.5 Å². The number of carbonyl (C=O) groups is 3. The average molecular weight is 1110 g/mol. The van der Waals surface area contributed by atoms with Crippen molar-refractivity contribution >= 4 is 17.9 Å². The van der Waals surface area contributed by atoms with Crippen LogP contribution >= 0.6 is 0 Å². The van der Waals surface area contributed by atoms with Gasteiger partial charge in [-0.1, -0.05) is 353 Å². The molecule has 6 nitrogen and oxygen atoms in total. The van der Waals surface area contributed by atoms with Crippen LogP contribution in [-0.4, -0.2) is 37.2 Å². The highest BCUT2D eigenvalue weighted by molar-refractivity contribution is 5.71. The number of carbonyl (C=O) groups excluding carboxylic acids is 3. The molecule has 0 saturated carbocycles. The Morgan fingerprint density at radius 1 is 0.253 bits per heavy atom. The van der Waals surface area contributed by atoms with Gasteiger partial charge in [0.1, 0.15) is 13.2 Å². The largest absolute Gasteiger partial charge is 0.462 e. The van der Waals surface area contributed by atoms with Crippen LogP contribution in [0.3, 0.4) is 0 Å². The van der Waals surface area contributed by atoms with Gasteiger partial charge in [-0.25, -0.2) is 0 Å². The molecule has 0 rings (SSSR count).